The normalized spacial score (nSPS) is 12.2. The summed E-state index contributed by atoms with van der Waals surface area (Å²) in [5, 5.41) is 9.40. The van der Waals surface area contributed by atoms with E-state index in [9.17, 15) is 5.11 Å². The molecule has 0 aliphatic rings. The van der Waals surface area contributed by atoms with Gasteiger partial charge in [-0.15, -0.1) is 6.58 Å². The highest BCUT2D eigenvalue weighted by Crippen LogP contribution is 2.22. The number of hydrogen-bond acceptors (Lipinski definition) is 2. The molecule has 0 radical (unpaired) electrons. The Morgan fingerprint density at radius 1 is 1.53 bits per heavy atom. The lowest BCUT2D eigenvalue weighted by Crippen LogP contribution is -1.99. The van der Waals surface area contributed by atoms with Crippen molar-refractivity contribution in [1.29, 1.82) is 0 Å². The molecule has 0 saturated heterocycles. The minimum absolute atomic E-state index is 0.425. The molecule has 1 rings (SSSR count). The number of ether oxygens (including phenoxy) is 1. The molecule has 82 valence electrons. The second-order valence-corrected chi connectivity index (χ2v) is 3.63. The summed E-state index contributed by atoms with van der Waals surface area (Å²) < 4.78 is 5.56. The lowest BCUT2D eigenvalue weighted by molar-refractivity contribution is 0.199. The quantitative estimate of drug-likeness (QED) is 0.592. The molecular weight excluding hydrogens is 188 g/mol. The zero-order valence-corrected chi connectivity index (χ0v) is 9.36. The summed E-state index contributed by atoms with van der Waals surface area (Å²) in [7, 11) is 0. The minimum atomic E-state index is -0.425. The van der Waals surface area contributed by atoms with Gasteiger partial charge in [-0.05, 0) is 43.5 Å². The van der Waals surface area contributed by atoms with Gasteiger partial charge < -0.3 is 9.84 Å². The summed E-state index contributed by atoms with van der Waals surface area (Å²) in [5.74, 6) is 0.876. The molecule has 0 fully saturated rings. The first-order chi connectivity index (χ1) is 7.15. The highest BCUT2D eigenvalue weighted by molar-refractivity contribution is 5.36. The molecule has 0 unspecified atom stereocenters. The lowest BCUT2D eigenvalue weighted by Gasteiger charge is -2.11. The first kappa shape index (κ1) is 11.8. The number of aryl methyl sites for hydroxylation is 1. The molecular formula is C13H18O2. The van der Waals surface area contributed by atoms with Crippen LogP contribution in [0.3, 0.4) is 0 Å². The van der Waals surface area contributed by atoms with Gasteiger partial charge in [-0.1, -0.05) is 12.1 Å². The molecule has 1 aromatic carbocycles. The van der Waals surface area contributed by atoms with Crippen molar-refractivity contribution in [2.24, 2.45) is 0 Å². The van der Waals surface area contributed by atoms with Gasteiger partial charge in [-0.3, -0.25) is 0 Å². The Balaban J connectivity index is 2.70. The Bertz CT molecular complexity index is 329. The van der Waals surface area contributed by atoms with Crippen LogP contribution in [0, 0.1) is 6.92 Å². The molecule has 15 heavy (non-hydrogen) atoms. The molecule has 0 aromatic heterocycles. The van der Waals surface area contributed by atoms with Crippen LogP contribution in [0.2, 0.25) is 0 Å². The molecule has 0 saturated carbocycles. The van der Waals surface area contributed by atoms with Crippen molar-refractivity contribution < 1.29 is 9.84 Å². The van der Waals surface area contributed by atoms with Gasteiger partial charge in [-0.25, -0.2) is 0 Å². The van der Waals surface area contributed by atoms with E-state index >= 15 is 0 Å². The zero-order valence-electron chi connectivity index (χ0n) is 9.36. The summed E-state index contributed by atoms with van der Waals surface area (Å²) in [4.78, 5) is 0. The van der Waals surface area contributed by atoms with Crippen LogP contribution >= 0.6 is 0 Å². The Hall–Kier alpha value is -1.28. The molecule has 0 heterocycles. The van der Waals surface area contributed by atoms with Gasteiger partial charge in [0.05, 0.1) is 12.7 Å². The number of aliphatic hydroxyl groups excluding tert-OH is 1. The van der Waals surface area contributed by atoms with Crippen molar-refractivity contribution in [3.05, 3.63) is 42.0 Å². The summed E-state index contributed by atoms with van der Waals surface area (Å²) in [6.45, 7) is 8.03. The van der Waals surface area contributed by atoms with Crippen LogP contribution in [-0.4, -0.2) is 11.7 Å². The topological polar surface area (TPSA) is 29.5 Å². The van der Waals surface area contributed by atoms with E-state index in [-0.39, 0.29) is 0 Å². The Labute approximate surface area is 91.2 Å². The highest BCUT2D eigenvalue weighted by atomic mass is 16.5. The van der Waals surface area contributed by atoms with Crippen molar-refractivity contribution in [2.45, 2.75) is 26.4 Å². The van der Waals surface area contributed by atoms with Crippen molar-refractivity contribution in [2.75, 3.05) is 6.61 Å². The van der Waals surface area contributed by atoms with E-state index < -0.39 is 6.10 Å². The van der Waals surface area contributed by atoms with Gasteiger partial charge in [-0.2, -0.15) is 0 Å². The molecule has 2 heteroatoms. The van der Waals surface area contributed by atoms with Crippen LogP contribution in [-0.2, 0) is 0 Å². The van der Waals surface area contributed by atoms with Gasteiger partial charge in [0.15, 0.2) is 0 Å². The fourth-order valence-electron chi connectivity index (χ4n) is 1.35. The van der Waals surface area contributed by atoms with E-state index in [4.69, 9.17) is 4.74 Å². The molecule has 0 aliphatic heterocycles. The maximum Gasteiger partial charge on any atom is 0.122 e. The summed E-state index contributed by atoms with van der Waals surface area (Å²) >= 11 is 0. The zero-order chi connectivity index (χ0) is 11.3. The van der Waals surface area contributed by atoms with Crippen LogP contribution in [0.1, 0.15) is 30.6 Å². The Morgan fingerprint density at radius 2 is 2.27 bits per heavy atom. The standard InChI is InChI=1S/C13H18O2/c1-4-5-8-15-13-7-6-12(11(3)14)9-10(13)2/h4,6-7,9,11,14H,1,5,8H2,2-3H3/t11-/m1/s1. The first-order valence-electron chi connectivity index (χ1n) is 5.17. The monoisotopic (exact) mass is 206 g/mol. The molecule has 1 atom stereocenters. The number of benzene rings is 1. The largest absolute Gasteiger partial charge is 0.493 e. The fourth-order valence-corrected chi connectivity index (χ4v) is 1.35. The van der Waals surface area contributed by atoms with Crippen molar-refractivity contribution in [3.63, 3.8) is 0 Å². The lowest BCUT2D eigenvalue weighted by atomic mass is 10.1. The van der Waals surface area contributed by atoms with Gasteiger partial charge in [0.25, 0.3) is 0 Å². The van der Waals surface area contributed by atoms with Crippen molar-refractivity contribution in [3.8, 4) is 5.75 Å². The first-order valence-corrected chi connectivity index (χ1v) is 5.17. The number of hydrogen-bond donors (Lipinski definition) is 1. The molecule has 2 nitrogen and oxygen atoms in total. The molecule has 1 aromatic rings. The van der Waals surface area contributed by atoms with Gasteiger partial charge in [0, 0.05) is 0 Å². The predicted octanol–water partition coefficient (Wildman–Crippen LogP) is 3.00. The number of rotatable bonds is 5. The Kier molecular flexibility index (Phi) is 4.37. The van der Waals surface area contributed by atoms with Crippen LogP contribution in [0.25, 0.3) is 0 Å². The minimum Gasteiger partial charge on any atom is -0.493 e. The van der Waals surface area contributed by atoms with Gasteiger partial charge in [0.2, 0.25) is 0 Å². The van der Waals surface area contributed by atoms with Gasteiger partial charge >= 0.3 is 0 Å². The van der Waals surface area contributed by atoms with Crippen molar-refractivity contribution in [1.82, 2.24) is 0 Å². The molecule has 0 amide bonds. The third kappa shape index (κ3) is 3.40. The summed E-state index contributed by atoms with van der Waals surface area (Å²) in [6.07, 6.45) is 2.25. The van der Waals surface area contributed by atoms with Crippen LogP contribution < -0.4 is 4.74 Å². The summed E-state index contributed by atoms with van der Waals surface area (Å²) in [5.41, 5.74) is 1.97. The van der Waals surface area contributed by atoms with E-state index in [2.05, 4.69) is 6.58 Å². The maximum atomic E-state index is 9.40. The molecule has 0 bridgehead atoms. The Morgan fingerprint density at radius 3 is 2.80 bits per heavy atom. The smallest absolute Gasteiger partial charge is 0.122 e. The van der Waals surface area contributed by atoms with E-state index in [1.807, 2.05) is 31.2 Å². The third-order valence-corrected chi connectivity index (χ3v) is 2.26. The van der Waals surface area contributed by atoms with E-state index in [1.54, 1.807) is 6.92 Å². The van der Waals surface area contributed by atoms with Crippen LogP contribution in [0.5, 0.6) is 5.75 Å². The van der Waals surface area contributed by atoms with Crippen molar-refractivity contribution >= 4 is 0 Å². The average Bonchev–Trinajstić information content (AvgIpc) is 2.20. The molecule has 1 N–H and O–H groups in total. The van der Waals surface area contributed by atoms with E-state index in [1.165, 1.54) is 0 Å². The van der Waals surface area contributed by atoms with Crippen LogP contribution in [0.15, 0.2) is 30.9 Å². The third-order valence-electron chi connectivity index (χ3n) is 2.26. The second-order valence-electron chi connectivity index (χ2n) is 3.63. The highest BCUT2D eigenvalue weighted by Gasteiger charge is 2.04. The number of aliphatic hydroxyl groups is 1. The van der Waals surface area contributed by atoms with E-state index in [0.29, 0.717) is 6.61 Å². The second kappa shape index (κ2) is 5.56. The SMILES string of the molecule is C=CCCOc1ccc([C@@H](C)O)cc1C. The molecule has 0 aliphatic carbocycles. The molecule has 0 spiro atoms. The van der Waals surface area contributed by atoms with Crippen LogP contribution in [0.4, 0.5) is 0 Å². The van der Waals surface area contributed by atoms with E-state index in [0.717, 1.165) is 23.3 Å². The predicted molar refractivity (Wildman–Crippen MR) is 62.1 cm³/mol. The van der Waals surface area contributed by atoms with Gasteiger partial charge in [0.1, 0.15) is 5.75 Å². The fraction of sp³-hybridized carbons (Fsp3) is 0.385. The maximum absolute atomic E-state index is 9.40. The average molecular weight is 206 g/mol. The summed E-state index contributed by atoms with van der Waals surface area (Å²) in [6, 6.07) is 5.75.